The minimum atomic E-state index is -0.0606. The highest BCUT2D eigenvalue weighted by Gasteiger charge is 2.32. The molecule has 29 heavy (non-hydrogen) atoms. The van der Waals surface area contributed by atoms with Crippen molar-refractivity contribution in [1.29, 1.82) is 0 Å². The highest BCUT2D eigenvalue weighted by Crippen LogP contribution is 2.34. The number of methoxy groups -OCH3 is 1. The monoisotopic (exact) mass is 441 g/mol. The Morgan fingerprint density at radius 2 is 2.03 bits per heavy atom. The van der Waals surface area contributed by atoms with Crippen LogP contribution in [0.3, 0.4) is 0 Å². The Bertz CT molecular complexity index is 1040. The Labute approximate surface area is 183 Å². The lowest BCUT2D eigenvalue weighted by molar-refractivity contribution is -0.122. The van der Waals surface area contributed by atoms with Crippen LogP contribution in [0.2, 0.25) is 0 Å². The number of carbonyl (C=O) groups excluding carboxylic acids is 1. The average molecular weight is 442 g/mol. The molecular weight excluding hydrogens is 422 g/mol. The Morgan fingerprint density at radius 1 is 1.21 bits per heavy atom. The third-order valence-electron chi connectivity index (χ3n) is 4.39. The van der Waals surface area contributed by atoms with E-state index in [-0.39, 0.29) is 5.91 Å². The van der Waals surface area contributed by atoms with Gasteiger partial charge in [-0.1, -0.05) is 48.2 Å². The van der Waals surface area contributed by atoms with Crippen LogP contribution in [0.1, 0.15) is 12.1 Å². The smallest absolute Gasteiger partial charge is 0.266 e. The van der Waals surface area contributed by atoms with Gasteiger partial charge in [-0.3, -0.25) is 9.69 Å². The summed E-state index contributed by atoms with van der Waals surface area (Å²) in [6.45, 7) is 1.16. The number of ether oxygens (including phenoxy) is 1. The summed E-state index contributed by atoms with van der Waals surface area (Å²) in [6, 6.07) is 16.0. The molecule has 5 nitrogen and oxygen atoms in total. The number of amides is 1. The molecule has 1 aliphatic rings. The van der Waals surface area contributed by atoms with Crippen molar-refractivity contribution < 1.29 is 9.53 Å². The van der Waals surface area contributed by atoms with E-state index in [0.717, 1.165) is 28.4 Å². The number of hydrogen-bond donors (Lipinski definition) is 0. The summed E-state index contributed by atoms with van der Waals surface area (Å²) in [7, 11) is 1.65. The molecule has 3 heterocycles. The van der Waals surface area contributed by atoms with Gasteiger partial charge in [0.2, 0.25) is 0 Å². The molecule has 1 aromatic carbocycles. The summed E-state index contributed by atoms with van der Waals surface area (Å²) in [6.07, 6.45) is 2.63. The maximum atomic E-state index is 12.9. The van der Waals surface area contributed by atoms with E-state index < -0.39 is 0 Å². The van der Waals surface area contributed by atoms with Crippen molar-refractivity contribution in [3.05, 3.63) is 64.5 Å². The van der Waals surface area contributed by atoms with Crippen LogP contribution in [-0.4, -0.2) is 45.2 Å². The van der Waals surface area contributed by atoms with Crippen molar-refractivity contribution in [3.8, 4) is 16.3 Å². The quantitative estimate of drug-likeness (QED) is 0.298. The number of thioether (sulfide) groups is 1. The number of rotatable bonds is 7. The number of benzene rings is 1. The predicted octanol–water partition coefficient (Wildman–Crippen LogP) is 4.84. The van der Waals surface area contributed by atoms with Gasteiger partial charge in [0.1, 0.15) is 10.0 Å². The van der Waals surface area contributed by atoms with E-state index >= 15 is 0 Å². The first-order valence-corrected chi connectivity index (χ1v) is 11.2. The van der Waals surface area contributed by atoms with Crippen molar-refractivity contribution >= 4 is 51.6 Å². The lowest BCUT2D eigenvalue weighted by Gasteiger charge is -2.13. The fourth-order valence-corrected chi connectivity index (χ4v) is 4.99. The zero-order valence-corrected chi connectivity index (χ0v) is 18.2. The number of nitrogens with zero attached hydrogens (tertiary/aromatic N) is 3. The van der Waals surface area contributed by atoms with Gasteiger partial charge in [0.05, 0.1) is 21.2 Å². The lowest BCUT2D eigenvalue weighted by atomic mass is 10.2. The van der Waals surface area contributed by atoms with Gasteiger partial charge in [0.15, 0.2) is 0 Å². The zero-order valence-electron chi connectivity index (χ0n) is 15.8. The summed E-state index contributed by atoms with van der Waals surface area (Å²) in [4.78, 5) is 16.2. The van der Waals surface area contributed by atoms with Crippen LogP contribution in [0.4, 0.5) is 0 Å². The largest absolute Gasteiger partial charge is 0.385 e. The standard InChI is InChI=1S/C21H19N3O2S3/c1-26-11-6-10-23-20(25)19(29-21(23)27)14-16-13-17(18-9-5-12-28-18)22-24(16)15-7-3-2-4-8-15/h2-5,7-9,12-14H,6,10-11H2,1H3/b19-14+. The second-order valence-corrected chi connectivity index (χ2v) is 8.98. The molecule has 0 radical (unpaired) electrons. The molecule has 0 bridgehead atoms. The Hall–Kier alpha value is -2.26. The van der Waals surface area contributed by atoms with Gasteiger partial charge in [-0.2, -0.15) is 5.10 Å². The summed E-state index contributed by atoms with van der Waals surface area (Å²) in [5.74, 6) is -0.0606. The van der Waals surface area contributed by atoms with Crippen LogP contribution >= 0.6 is 35.3 Å². The van der Waals surface area contributed by atoms with E-state index in [1.165, 1.54) is 11.8 Å². The minimum absolute atomic E-state index is 0.0606. The number of thiophene rings is 1. The van der Waals surface area contributed by atoms with E-state index in [4.69, 9.17) is 22.1 Å². The fraction of sp³-hybridized carbons (Fsp3) is 0.190. The van der Waals surface area contributed by atoms with Gasteiger partial charge in [-0.15, -0.1) is 11.3 Å². The van der Waals surface area contributed by atoms with E-state index in [1.54, 1.807) is 23.3 Å². The molecule has 0 saturated carbocycles. The lowest BCUT2D eigenvalue weighted by Crippen LogP contribution is -2.29. The number of carbonyl (C=O) groups is 1. The average Bonchev–Trinajstić information content (AvgIpc) is 3.45. The van der Waals surface area contributed by atoms with Crippen molar-refractivity contribution in [2.45, 2.75) is 6.42 Å². The normalized spacial score (nSPS) is 15.6. The molecule has 148 valence electrons. The van der Waals surface area contributed by atoms with Crippen LogP contribution in [-0.2, 0) is 9.53 Å². The van der Waals surface area contributed by atoms with Crippen molar-refractivity contribution in [2.75, 3.05) is 20.3 Å². The van der Waals surface area contributed by atoms with Crippen LogP contribution in [0.25, 0.3) is 22.3 Å². The molecule has 1 saturated heterocycles. The highest BCUT2D eigenvalue weighted by molar-refractivity contribution is 8.26. The van der Waals surface area contributed by atoms with Gasteiger partial charge in [0.25, 0.3) is 5.91 Å². The molecule has 3 aromatic rings. The topological polar surface area (TPSA) is 47.4 Å². The van der Waals surface area contributed by atoms with Gasteiger partial charge >= 0.3 is 0 Å². The number of aromatic nitrogens is 2. The van der Waals surface area contributed by atoms with Gasteiger partial charge in [0, 0.05) is 20.3 Å². The first-order chi connectivity index (χ1) is 14.2. The van der Waals surface area contributed by atoms with Crippen molar-refractivity contribution in [1.82, 2.24) is 14.7 Å². The van der Waals surface area contributed by atoms with Crippen LogP contribution in [0.15, 0.2) is 58.8 Å². The molecular formula is C21H19N3O2S3. The third kappa shape index (κ3) is 4.35. The van der Waals surface area contributed by atoms with Crippen LogP contribution < -0.4 is 0 Å². The maximum Gasteiger partial charge on any atom is 0.266 e. The van der Waals surface area contributed by atoms with Crippen molar-refractivity contribution in [2.24, 2.45) is 0 Å². The number of hydrogen-bond acceptors (Lipinski definition) is 6. The molecule has 1 fully saturated rings. The molecule has 0 atom stereocenters. The Balaban J connectivity index is 1.69. The van der Waals surface area contributed by atoms with Crippen LogP contribution in [0.5, 0.6) is 0 Å². The summed E-state index contributed by atoms with van der Waals surface area (Å²) < 4.78 is 7.54. The third-order valence-corrected chi connectivity index (χ3v) is 6.66. The molecule has 1 aliphatic heterocycles. The van der Waals surface area contributed by atoms with Gasteiger partial charge in [-0.25, -0.2) is 4.68 Å². The second kappa shape index (κ2) is 9.04. The van der Waals surface area contributed by atoms with Crippen molar-refractivity contribution in [3.63, 3.8) is 0 Å². The van der Waals surface area contributed by atoms with E-state index in [2.05, 4.69) is 0 Å². The number of para-hydroxylation sites is 1. The van der Waals surface area contributed by atoms with Crippen LogP contribution in [0, 0.1) is 0 Å². The van der Waals surface area contributed by atoms with E-state index in [0.29, 0.717) is 22.4 Å². The summed E-state index contributed by atoms with van der Waals surface area (Å²) >= 11 is 8.40. The second-order valence-electron chi connectivity index (χ2n) is 6.36. The molecule has 0 N–H and O–H groups in total. The molecule has 1 amide bonds. The first-order valence-electron chi connectivity index (χ1n) is 9.11. The molecule has 8 heteroatoms. The molecule has 2 aromatic heterocycles. The van der Waals surface area contributed by atoms with E-state index in [1.807, 2.05) is 64.7 Å². The molecule has 0 aliphatic carbocycles. The minimum Gasteiger partial charge on any atom is -0.385 e. The predicted molar refractivity (Wildman–Crippen MR) is 123 cm³/mol. The summed E-state index contributed by atoms with van der Waals surface area (Å²) in [5.41, 5.74) is 2.67. The number of thiocarbonyl (C=S) groups is 1. The van der Waals surface area contributed by atoms with E-state index in [9.17, 15) is 4.79 Å². The highest BCUT2D eigenvalue weighted by atomic mass is 32.2. The Morgan fingerprint density at radius 3 is 2.76 bits per heavy atom. The molecule has 0 unspecified atom stereocenters. The zero-order chi connectivity index (χ0) is 20.2. The summed E-state index contributed by atoms with van der Waals surface area (Å²) in [5, 5.41) is 6.82. The van der Waals surface area contributed by atoms with Gasteiger partial charge < -0.3 is 4.74 Å². The molecule has 4 rings (SSSR count). The fourth-order valence-electron chi connectivity index (χ4n) is 3.01. The maximum absolute atomic E-state index is 12.9. The first kappa shape index (κ1) is 20.0. The molecule has 0 spiro atoms. The van der Waals surface area contributed by atoms with Gasteiger partial charge in [-0.05, 0) is 42.1 Å². The Kier molecular flexibility index (Phi) is 6.25. The SMILES string of the molecule is COCCCN1C(=O)/C(=C\c2cc(-c3cccs3)nn2-c2ccccc2)SC1=S.